The average molecular weight is 198 g/mol. The first-order chi connectivity index (χ1) is 6.35. The first kappa shape index (κ1) is 12.3. The summed E-state index contributed by atoms with van der Waals surface area (Å²) in [6, 6.07) is 0. The molecule has 0 saturated carbocycles. The predicted molar refractivity (Wildman–Crippen MR) is 62.6 cm³/mol. The van der Waals surface area contributed by atoms with E-state index >= 15 is 0 Å². The minimum atomic E-state index is 1.00. The van der Waals surface area contributed by atoms with E-state index in [2.05, 4.69) is 23.2 Å². The van der Waals surface area contributed by atoms with E-state index in [9.17, 15) is 0 Å². The Morgan fingerprint density at radius 3 is 2.77 bits per heavy atom. The van der Waals surface area contributed by atoms with Crippen LogP contribution in [0.3, 0.4) is 0 Å². The fraction of sp³-hybridized carbons (Fsp3) is 0.400. The number of hydrogen-bond donors (Lipinski definition) is 2. The van der Waals surface area contributed by atoms with Crippen LogP contribution in [0.2, 0.25) is 0 Å². The van der Waals surface area contributed by atoms with Crippen molar-refractivity contribution in [1.29, 1.82) is 0 Å². The topological polar surface area (TPSA) is 24.1 Å². The normalized spacial score (nSPS) is 11.0. The molecule has 0 bridgehead atoms. The lowest BCUT2D eigenvalue weighted by Crippen LogP contribution is -2.10. The summed E-state index contributed by atoms with van der Waals surface area (Å²) in [5.41, 5.74) is 1.00. The molecule has 0 aromatic carbocycles. The molecule has 74 valence electrons. The van der Waals surface area contributed by atoms with Gasteiger partial charge in [0.25, 0.3) is 0 Å². The number of allylic oxidation sites excluding steroid dienone is 3. The van der Waals surface area contributed by atoms with Crippen LogP contribution in [0.1, 0.15) is 6.42 Å². The monoisotopic (exact) mass is 198 g/mol. The molecule has 0 radical (unpaired) electrons. The standard InChI is InChI=1S/C10H18N2S/c1-4-7-10(5-2)12-13-9-6-8-11-3/h4-5,7,11-12H,1-2,6,8-9H2,3H3/b10-7+. The van der Waals surface area contributed by atoms with E-state index in [1.165, 1.54) is 0 Å². The molecule has 0 fully saturated rings. The summed E-state index contributed by atoms with van der Waals surface area (Å²) in [7, 11) is 1.96. The van der Waals surface area contributed by atoms with Gasteiger partial charge in [0.1, 0.15) is 0 Å². The van der Waals surface area contributed by atoms with Gasteiger partial charge in [0.2, 0.25) is 0 Å². The molecule has 0 aliphatic carbocycles. The SMILES string of the molecule is C=C/C=C(\C=C)NSCCCNC. The van der Waals surface area contributed by atoms with Crippen molar-refractivity contribution in [2.75, 3.05) is 19.3 Å². The van der Waals surface area contributed by atoms with E-state index in [4.69, 9.17) is 0 Å². The smallest absolute Gasteiger partial charge is 0.0433 e. The molecule has 0 spiro atoms. The lowest BCUT2D eigenvalue weighted by Gasteiger charge is -2.04. The summed E-state index contributed by atoms with van der Waals surface area (Å²) in [5, 5.41) is 3.10. The van der Waals surface area contributed by atoms with Gasteiger partial charge in [0.15, 0.2) is 0 Å². The molecule has 3 heteroatoms. The Morgan fingerprint density at radius 1 is 1.46 bits per heavy atom. The third-order valence-electron chi connectivity index (χ3n) is 1.38. The van der Waals surface area contributed by atoms with Gasteiger partial charge in [-0.25, -0.2) is 0 Å². The van der Waals surface area contributed by atoms with Gasteiger partial charge in [-0.05, 0) is 32.2 Å². The molecule has 0 rings (SSSR count). The summed E-state index contributed by atoms with van der Waals surface area (Å²) in [6.07, 6.45) is 6.59. The minimum Gasteiger partial charge on any atom is -0.330 e. The van der Waals surface area contributed by atoms with Gasteiger partial charge in [0, 0.05) is 11.4 Å². The second kappa shape index (κ2) is 9.42. The Hall–Kier alpha value is -0.670. The summed E-state index contributed by atoms with van der Waals surface area (Å²) < 4.78 is 3.19. The molecule has 0 aliphatic heterocycles. The van der Waals surface area contributed by atoms with Crippen molar-refractivity contribution >= 4 is 11.9 Å². The molecule has 2 N–H and O–H groups in total. The Balaban J connectivity index is 3.44. The van der Waals surface area contributed by atoms with E-state index in [1.54, 1.807) is 24.1 Å². The quantitative estimate of drug-likeness (QED) is 0.355. The molecule has 0 heterocycles. The molecule has 2 nitrogen and oxygen atoms in total. The summed E-state index contributed by atoms with van der Waals surface area (Å²) >= 11 is 1.69. The number of nitrogens with one attached hydrogen (secondary N) is 2. The van der Waals surface area contributed by atoms with Crippen LogP contribution in [-0.2, 0) is 0 Å². The predicted octanol–water partition coefficient (Wildman–Crippen LogP) is 2.09. The highest BCUT2D eigenvalue weighted by atomic mass is 32.2. The van der Waals surface area contributed by atoms with Crippen molar-refractivity contribution in [2.45, 2.75) is 6.42 Å². The van der Waals surface area contributed by atoms with Crippen LogP contribution >= 0.6 is 11.9 Å². The number of rotatable bonds is 8. The van der Waals surface area contributed by atoms with E-state index < -0.39 is 0 Å². The van der Waals surface area contributed by atoms with Crippen molar-refractivity contribution in [1.82, 2.24) is 10.0 Å². The van der Waals surface area contributed by atoms with Crippen LogP contribution in [0.4, 0.5) is 0 Å². The highest BCUT2D eigenvalue weighted by Crippen LogP contribution is 2.02. The van der Waals surface area contributed by atoms with Crippen LogP contribution in [-0.4, -0.2) is 19.3 Å². The second-order valence-corrected chi connectivity index (χ2v) is 3.37. The highest BCUT2D eigenvalue weighted by Gasteiger charge is 1.89. The first-order valence-corrected chi connectivity index (χ1v) is 5.31. The zero-order valence-corrected chi connectivity index (χ0v) is 8.99. The molecular weight excluding hydrogens is 180 g/mol. The van der Waals surface area contributed by atoms with Gasteiger partial charge in [0.05, 0.1) is 0 Å². The van der Waals surface area contributed by atoms with E-state index in [1.807, 2.05) is 13.1 Å². The maximum atomic E-state index is 3.69. The minimum absolute atomic E-state index is 1.00. The van der Waals surface area contributed by atoms with Crippen molar-refractivity contribution in [3.05, 3.63) is 37.1 Å². The Bertz CT molecular complexity index is 176. The Kier molecular flexibility index (Phi) is 8.93. The van der Waals surface area contributed by atoms with E-state index in [0.717, 1.165) is 24.4 Å². The van der Waals surface area contributed by atoms with Crippen molar-refractivity contribution in [3.63, 3.8) is 0 Å². The third kappa shape index (κ3) is 7.68. The third-order valence-corrected chi connectivity index (χ3v) is 2.25. The fourth-order valence-electron chi connectivity index (χ4n) is 0.726. The zero-order chi connectivity index (χ0) is 9.94. The van der Waals surface area contributed by atoms with Crippen LogP contribution in [0.25, 0.3) is 0 Å². The second-order valence-electron chi connectivity index (χ2n) is 2.47. The van der Waals surface area contributed by atoms with Crippen LogP contribution < -0.4 is 10.0 Å². The van der Waals surface area contributed by atoms with Crippen molar-refractivity contribution in [2.24, 2.45) is 0 Å². The van der Waals surface area contributed by atoms with Gasteiger partial charge in [-0.1, -0.05) is 31.2 Å². The van der Waals surface area contributed by atoms with Gasteiger partial charge in [-0.15, -0.1) is 0 Å². The summed E-state index contributed by atoms with van der Waals surface area (Å²) in [6.45, 7) is 8.37. The van der Waals surface area contributed by atoms with Gasteiger partial charge in [-0.2, -0.15) is 0 Å². The average Bonchev–Trinajstić information content (AvgIpc) is 2.16. The first-order valence-electron chi connectivity index (χ1n) is 4.32. The van der Waals surface area contributed by atoms with Gasteiger partial charge < -0.3 is 10.0 Å². The molecule has 0 aromatic heterocycles. The van der Waals surface area contributed by atoms with Crippen molar-refractivity contribution < 1.29 is 0 Å². The molecular formula is C10H18N2S. The van der Waals surface area contributed by atoms with E-state index in [-0.39, 0.29) is 0 Å². The Labute approximate surface area is 85.3 Å². The zero-order valence-electron chi connectivity index (χ0n) is 8.18. The number of hydrogen-bond acceptors (Lipinski definition) is 3. The lowest BCUT2D eigenvalue weighted by molar-refractivity contribution is 0.777. The summed E-state index contributed by atoms with van der Waals surface area (Å²) in [4.78, 5) is 0. The lowest BCUT2D eigenvalue weighted by atomic mass is 10.4. The summed E-state index contributed by atoms with van der Waals surface area (Å²) in [5.74, 6) is 1.09. The van der Waals surface area contributed by atoms with E-state index in [0.29, 0.717) is 0 Å². The van der Waals surface area contributed by atoms with Crippen LogP contribution in [0.15, 0.2) is 37.1 Å². The molecule has 0 saturated heterocycles. The maximum Gasteiger partial charge on any atom is 0.0433 e. The van der Waals surface area contributed by atoms with Crippen LogP contribution in [0.5, 0.6) is 0 Å². The molecule has 0 unspecified atom stereocenters. The molecule has 0 atom stereocenters. The Morgan fingerprint density at radius 2 is 2.23 bits per heavy atom. The van der Waals surface area contributed by atoms with Gasteiger partial charge >= 0.3 is 0 Å². The maximum absolute atomic E-state index is 3.69. The molecule has 0 aromatic rings. The largest absolute Gasteiger partial charge is 0.330 e. The van der Waals surface area contributed by atoms with Crippen molar-refractivity contribution in [3.8, 4) is 0 Å². The molecule has 13 heavy (non-hydrogen) atoms. The fourth-order valence-corrected chi connectivity index (χ4v) is 1.43. The molecule has 0 aliphatic rings. The van der Waals surface area contributed by atoms with Gasteiger partial charge in [-0.3, -0.25) is 0 Å². The highest BCUT2D eigenvalue weighted by molar-refractivity contribution is 7.97. The molecule has 0 amide bonds. The van der Waals surface area contributed by atoms with Crippen LogP contribution in [0, 0.1) is 0 Å².